The van der Waals surface area contributed by atoms with Gasteiger partial charge in [0.15, 0.2) is 5.78 Å². The molecule has 2 aliphatic rings. The minimum absolute atomic E-state index is 0.170. The van der Waals surface area contributed by atoms with Gasteiger partial charge in [0.2, 0.25) is 0 Å². The number of nitrogens with zero attached hydrogens (tertiary/aromatic N) is 4. The van der Waals surface area contributed by atoms with Crippen molar-refractivity contribution in [1.29, 1.82) is 0 Å². The molecule has 0 atom stereocenters. The Bertz CT molecular complexity index is 1460. The molecule has 1 aliphatic heterocycles. The summed E-state index contributed by atoms with van der Waals surface area (Å²) in [5.41, 5.74) is 8.85. The smallest absolute Gasteiger partial charge is 0.338 e. The highest BCUT2D eigenvalue weighted by Gasteiger charge is 2.35. The number of rotatable bonds is 5. The number of H-pyrrole nitrogens is 1. The van der Waals surface area contributed by atoms with Gasteiger partial charge in [0.05, 0.1) is 34.4 Å². The molecule has 1 fully saturated rings. The Hall–Kier alpha value is -4.70. The van der Waals surface area contributed by atoms with E-state index in [9.17, 15) is 9.59 Å². The number of aromatic amines is 1. The number of nitrogens with one attached hydrogen (secondary N) is 4. The number of benzene rings is 2. The van der Waals surface area contributed by atoms with Crippen molar-refractivity contribution >= 4 is 28.9 Å². The van der Waals surface area contributed by atoms with Crippen LogP contribution >= 0.6 is 0 Å². The Morgan fingerprint density at radius 2 is 1.84 bits per heavy atom. The van der Waals surface area contributed by atoms with Crippen molar-refractivity contribution in [2.45, 2.75) is 0 Å². The molecule has 2 aromatic carbocycles. The van der Waals surface area contributed by atoms with Crippen LogP contribution in [0.25, 0.3) is 22.5 Å². The number of fused-ring (bicyclic) bond motifs is 3. The zero-order valence-electron chi connectivity index (χ0n) is 20.3. The highest BCUT2D eigenvalue weighted by Crippen LogP contribution is 2.43. The van der Waals surface area contributed by atoms with Gasteiger partial charge >= 0.3 is 6.03 Å². The Labute approximate surface area is 213 Å². The quantitative estimate of drug-likeness (QED) is 0.277. The molecule has 0 bridgehead atoms. The summed E-state index contributed by atoms with van der Waals surface area (Å²) in [4.78, 5) is 32.8. The normalized spacial score (nSPS) is 14.2. The van der Waals surface area contributed by atoms with E-state index in [1.54, 1.807) is 42.6 Å². The Balaban J connectivity index is 1.24. The van der Waals surface area contributed by atoms with Gasteiger partial charge in [-0.25, -0.2) is 10.2 Å². The minimum Gasteiger partial charge on any atom is -0.369 e. The van der Waals surface area contributed by atoms with Crippen LogP contribution in [0.1, 0.15) is 15.9 Å². The van der Waals surface area contributed by atoms with Crippen LogP contribution in [0.5, 0.6) is 0 Å². The zero-order valence-corrected chi connectivity index (χ0v) is 20.3. The molecule has 37 heavy (non-hydrogen) atoms. The number of anilines is 3. The number of aromatic nitrogens is 3. The van der Waals surface area contributed by atoms with E-state index in [1.165, 1.54) is 0 Å². The lowest BCUT2D eigenvalue weighted by Gasteiger charge is -2.29. The maximum Gasteiger partial charge on any atom is 0.338 e. The molecule has 10 nitrogen and oxygen atoms in total. The van der Waals surface area contributed by atoms with E-state index in [1.807, 2.05) is 24.3 Å². The molecule has 0 radical (unpaired) electrons. The third-order valence-electron chi connectivity index (χ3n) is 6.73. The van der Waals surface area contributed by atoms with Crippen molar-refractivity contribution in [3.05, 3.63) is 78.1 Å². The van der Waals surface area contributed by atoms with Crippen LogP contribution < -0.4 is 26.0 Å². The first-order valence-electron chi connectivity index (χ1n) is 12.1. The number of carbonyl (C=O) groups excluding carboxylic acids is 2. The van der Waals surface area contributed by atoms with Crippen molar-refractivity contribution in [3.8, 4) is 22.5 Å². The number of amides is 2. The standard InChI is InChI=1S/C27H26N8O2/c1-34(19-4-3-11-29-16-19)33-27(37)30-21-6-2-5-20-22(21)26(36)23-24(31-32-25(20)23)17-7-9-18(10-8-17)35-14-12-28-13-15-35/h2-11,16,28H,12-15H2,1H3,(H,31,32)(H2,30,33,37). The van der Waals surface area contributed by atoms with Gasteiger partial charge in [-0.15, -0.1) is 0 Å². The molecule has 1 aliphatic carbocycles. The number of carbonyl (C=O) groups is 2. The fourth-order valence-electron chi connectivity index (χ4n) is 4.87. The molecule has 10 heteroatoms. The summed E-state index contributed by atoms with van der Waals surface area (Å²) in [6, 6.07) is 16.7. The van der Waals surface area contributed by atoms with Crippen LogP contribution in [0.4, 0.5) is 21.9 Å². The lowest BCUT2D eigenvalue weighted by Crippen LogP contribution is -2.43. The van der Waals surface area contributed by atoms with E-state index in [4.69, 9.17) is 0 Å². The molecule has 4 N–H and O–H groups in total. The first-order valence-corrected chi connectivity index (χ1v) is 12.1. The van der Waals surface area contributed by atoms with Gasteiger partial charge in [0, 0.05) is 56.2 Å². The second-order valence-electron chi connectivity index (χ2n) is 9.00. The van der Waals surface area contributed by atoms with Gasteiger partial charge < -0.3 is 15.5 Å². The molecule has 3 heterocycles. The summed E-state index contributed by atoms with van der Waals surface area (Å²) in [6.45, 7) is 3.87. The van der Waals surface area contributed by atoms with Gasteiger partial charge in [0.25, 0.3) is 0 Å². The summed E-state index contributed by atoms with van der Waals surface area (Å²) in [6.07, 6.45) is 3.30. The number of urea groups is 1. The highest BCUT2D eigenvalue weighted by atomic mass is 16.2. The average Bonchev–Trinajstić information content (AvgIpc) is 3.50. The predicted octanol–water partition coefficient (Wildman–Crippen LogP) is 3.27. The monoisotopic (exact) mass is 494 g/mol. The van der Waals surface area contributed by atoms with Crippen molar-refractivity contribution in [2.75, 3.05) is 48.5 Å². The second-order valence-corrected chi connectivity index (χ2v) is 9.00. The van der Waals surface area contributed by atoms with Gasteiger partial charge in [-0.05, 0) is 30.3 Å². The molecular weight excluding hydrogens is 468 g/mol. The summed E-state index contributed by atoms with van der Waals surface area (Å²) in [5.74, 6) is -0.170. The first-order chi connectivity index (χ1) is 18.1. The van der Waals surface area contributed by atoms with Crippen molar-refractivity contribution in [2.24, 2.45) is 0 Å². The fourth-order valence-corrected chi connectivity index (χ4v) is 4.87. The van der Waals surface area contributed by atoms with Crippen molar-refractivity contribution in [3.63, 3.8) is 0 Å². The largest absolute Gasteiger partial charge is 0.369 e. The topological polar surface area (TPSA) is 118 Å². The zero-order chi connectivity index (χ0) is 25.4. The highest BCUT2D eigenvalue weighted by molar-refractivity contribution is 6.27. The van der Waals surface area contributed by atoms with Gasteiger partial charge in [-0.2, -0.15) is 5.10 Å². The van der Waals surface area contributed by atoms with Crippen molar-refractivity contribution < 1.29 is 9.59 Å². The lowest BCUT2D eigenvalue weighted by atomic mass is 10.0. The van der Waals surface area contributed by atoms with Crippen LogP contribution in [0, 0.1) is 0 Å². The van der Waals surface area contributed by atoms with Crippen LogP contribution in [-0.2, 0) is 0 Å². The van der Waals surface area contributed by atoms with E-state index in [2.05, 4.69) is 48.3 Å². The van der Waals surface area contributed by atoms with Crippen LogP contribution in [0.3, 0.4) is 0 Å². The minimum atomic E-state index is -0.470. The molecule has 0 unspecified atom stereocenters. The molecule has 0 saturated carbocycles. The second kappa shape index (κ2) is 9.40. The summed E-state index contributed by atoms with van der Waals surface area (Å²) < 4.78 is 0. The third-order valence-corrected chi connectivity index (χ3v) is 6.73. The van der Waals surface area contributed by atoms with Crippen LogP contribution in [0.15, 0.2) is 67.0 Å². The maximum absolute atomic E-state index is 13.6. The Kier molecular flexibility index (Phi) is 5.78. The third kappa shape index (κ3) is 4.17. The lowest BCUT2D eigenvalue weighted by molar-refractivity contribution is 0.104. The molecule has 2 amide bonds. The average molecular weight is 495 g/mol. The fraction of sp³-hybridized carbons (Fsp3) is 0.185. The maximum atomic E-state index is 13.6. The van der Waals surface area contributed by atoms with Gasteiger partial charge in [-0.3, -0.25) is 19.9 Å². The van der Waals surface area contributed by atoms with E-state index in [-0.39, 0.29) is 5.78 Å². The molecule has 2 aromatic heterocycles. The molecule has 4 aromatic rings. The summed E-state index contributed by atoms with van der Waals surface area (Å²) in [5, 5.41) is 15.3. The number of pyridine rings is 1. The molecule has 0 spiro atoms. The number of piperazine rings is 1. The number of ketones is 1. The number of hydrogen-bond donors (Lipinski definition) is 4. The van der Waals surface area contributed by atoms with E-state index < -0.39 is 6.03 Å². The number of hydrogen-bond acceptors (Lipinski definition) is 7. The van der Waals surface area contributed by atoms with E-state index >= 15 is 0 Å². The molecular formula is C27H26N8O2. The van der Waals surface area contributed by atoms with E-state index in [0.29, 0.717) is 33.8 Å². The number of hydrazine groups is 1. The van der Waals surface area contributed by atoms with Crippen molar-refractivity contribution in [1.82, 2.24) is 25.9 Å². The summed E-state index contributed by atoms with van der Waals surface area (Å²) in [7, 11) is 1.71. The van der Waals surface area contributed by atoms with Gasteiger partial charge in [-0.1, -0.05) is 24.3 Å². The SMILES string of the molecule is CN(NC(=O)Nc1cccc2c1C(=O)c1c-2n[nH]c1-c1ccc(N2CCNCC2)cc1)c1cccnc1. The molecule has 1 saturated heterocycles. The van der Waals surface area contributed by atoms with Crippen LogP contribution in [0.2, 0.25) is 0 Å². The van der Waals surface area contributed by atoms with Crippen LogP contribution in [-0.4, -0.2) is 60.2 Å². The molecule has 186 valence electrons. The summed E-state index contributed by atoms with van der Waals surface area (Å²) >= 11 is 0. The van der Waals surface area contributed by atoms with E-state index in [0.717, 1.165) is 43.1 Å². The molecule has 6 rings (SSSR count). The first kappa shape index (κ1) is 22.7. The predicted molar refractivity (Wildman–Crippen MR) is 143 cm³/mol. The Morgan fingerprint density at radius 1 is 1.03 bits per heavy atom. The van der Waals surface area contributed by atoms with Gasteiger partial charge in [0.1, 0.15) is 5.69 Å². The Morgan fingerprint density at radius 3 is 2.59 bits per heavy atom.